The molecule has 1 aromatic rings. The van der Waals surface area contributed by atoms with E-state index in [9.17, 15) is 5.11 Å². The molecule has 0 saturated heterocycles. The third-order valence-electron chi connectivity index (χ3n) is 3.79. The van der Waals surface area contributed by atoms with Gasteiger partial charge in [-0.25, -0.2) is 0 Å². The summed E-state index contributed by atoms with van der Waals surface area (Å²) >= 11 is 3.42. The van der Waals surface area contributed by atoms with E-state index in [0.717, 1.165) is 19.5 Å². The smallest absolute Gasteiger partial charge is 0.172 e. The highest BCUT2D eigenvalue weighted by Crippen LogP contribution is 2.36. The summed E-state index contributed by atoms with van der Waals surface area (Å²) in [4.78, 5) is 2.50. The highest BCUT2D eigenvalue weighted by atomic mass is 79.9. The van der Waals surface area contributed by atoms with Crippen LogP contribution in [0, 0.1) is 0 Å². The van der Waals surface area contributed by atoms with Gasteiger partial charge < -0.3 is 9.84 Å². The second-order valence-electron chi connectivity index (χ2n) is 5.44. The van der Waals surface area contributed by atoms with Crippen LogP contribution in [0.3, 0.4) is 0 Å². The van der Waals surface area contributed by atoms with Gasteiger partial charge in [0.15, 0.2) is 11.5 Å². The Morgan fingerprint density at radius 3 is 2.57 bits per heavy atom. The van der Waals surface area contributed by atoms with Crippen LogP contribution in [0.5, 0.6) is 11.5 Å². The first-order chi connectivity index (χ1) is 10.0. The van der Waals surface area contributed by atoms with Crippen molar-refractivity contribution in [1.82, 2.24) is 4.90 Å². The first kappa shape index (κ1) is 18.3. The number of rotatable bonds is 9. The summed E-state index contributed by atoms with van der Waals surface area (Å²) < 4.78 is 6.21. The predicted molar refractivity (Wildman–Crippen MR) is 92.0 cm³/mol. The fourth-order valence-electron chi connectivity index (χ4n) is 2.29. The molecule has 0 aliphatic carbocycles. The van der Waals surface area contributed by atoms with E-state index in [1.807, 2.05) is 19.1 Å². The summed E-state index contributed by atoms with van der Waals surface area (Å²) in [6, 6.07) is 4.49. The standard InChI is InChI=1S/C17H28BrNO2/c1-5-8-9-19(13(4)6-2)12-14-10-15(18)17(20)16(11-14)21-7-3/h10-11,13,20H,5-9,12H2,1-4H3. The number of phenolic OH excluding ortho intramolecular Hbond substituents is 1. The van der Waals surface area contributed by atoms with E-state index in [0.29, 0.717) is 22.9 Å². The van der Waals surface area contributed by atoms with Gasteiger partial charge in [-0.3, -0.25) is 4.90 Å². The number of ether oxygens (including phenoxy) is 1. The lowest BCUT2D eigenvalue weighted by Gasteiger charge is -2.28. The highest BCUT2D eigenvalue weighted by molar-refractivity contribution is 9.10. The largest absolute Gasteiger partial charge is 0.503 e. The van der Waals surface area contributed by atoms with Crippen LogP contribution in [0.4, 0.5) is 0 Å². The molecule has 0 aliphatic rings. The lowest BCUT2D eigenvalue weighted by atomic mass is 10.1. The second-order valence-corrected chi connectivity index (χ2v) is 6.29. The lowest BCUT2D eigenvalue weighted by Crippen LogP contribution is -2.33. The number of halogens is 1. The number of benzene rings is 1. The molecule has 0 heterocycles. The van der Waals surface area contributed by atoms with E-state index in [1.54, 1.807) is 0 Å². The van der Waals surface area contributed by atoms with Crippen molar-refractivity contribution in [3.05, 3.63) is 22.2 Å². The van der Waals surface area contributed by atoms with Crippen molar-refractivity contribution in [2.24, 2.45) is 0 Å². The Morgan fingerprint density at radius 1 is 1.29 bits per heavy atom. The Labute approximate surface area is 137 Å². The second kappa shape index (κ2) is 9.31. The zero-order valence-electron chi connectivity index (χ0n) is 13.7. The van der Waals surface area contributed by atoms with Crippen molar-refractivity contribution in [3.8, 4) is 11.5 Å². The first-order valence-corrected chi connectivity index (χ1v) is 8.70. The van der Waals surface area contributed by atoms with E-state index in [2.05, 4.69) is 41.6 Å². The van der Waals surface area contributed by atoms with E-state index < -0.39 is 0 Å². The van der Waals surface area contributed by atoms with Crippen molar-refractivity contribution >= 4 is 15.9 Å². The molecule has 0 aromatic heterocycles. The van der Waals surface area contributed by atoms with Gasteiger partial charge in [0.1, 0.15) is 0 Å². The van der Waals surface area contributed by atoms with Gasteiger partial charge in [0.25, 0.3) is 0 Å². The first-order valence-electron chi connectivity index (χ1n) is 7.91. The molecule has 0 spiro atoms. The van der Waals surface area contributed by atoms with Crippen LogP contribution >= 0.6 is 15.9 Å². The zero-order chi connectivity index (χ0) is 15.8. The maximum Gasteiger partial charge on any atom is 0.172 e. The van der Waals surface area contributed by atoms with Gasteiger partial charge in [-0.05, 0) is 66.9 Å². The van der Waals surface area contributed by atoms with Crippen LogP contribution in [0.25, 0.3) is 0 Å². The van der Waals surface area contributed by atoms with Gasteiger partial charge in [-0.1, -0.05) is 20.3 Å². The monoisotopic (exact) mass is 357 g/mol. The van der Waals surface area contributed by atoms with Crippen LogP contribution < -0.4 is 4.74 Å². The van der Waals surface area contributed by atoms with Gasteiger partial charge in [-0.2, -0.15) is 0 Å². The predicted octanol–water partition coefficient (Wildman–Crippen LogP) is 4.95. The molecular formula is C17H28BrNO2. The average molecular weight is 358 g/mol. The lowest BCUT2D eigenvalue weighted by molar-refractivity contribution is 0.192. The molecule has 0 bridgehead atoms. The molecule has 0 aliphatic heterocycles. The maximum absolute atomic E-state index is 10.00. The molecule has 1 atom stereocenters. The Kier molecular flexibility index (Phi) is 8.12. The number of hydrogen-bond acceptors (Lipinski definition) is 3. The third-order valence-corrected chi connectivity index (χ3v) is 4.39. The van der Waals surface area contributed by atoms with Gasteiger partial charge in [0.2, 0.25) is 0 Å². The van der Waals surface area contributed by atoms with Crippen molar-refractivity contribution < 1.29 is 9.84 Å². The fourth-order valence-corrected chi connectivity index (χ4v) is 2.78. The number of nitrogens with zero attached hydrogens (tertiary/aromatic N) is 1. The van der Waals surface area contributed by atoms with Gasteiger partial charge >= 0.3 is 0 Å². The summed E-state index contributed by atoms with van der Waals surface area (Å²) in [6.07, 6.45) is 3.56. The normalized spacial score (nSPS) is 12.7. The average Bonchev–Trinajstić information content (AvgIpc) is 2.47. The molecule has 21 heavy (non-hydrogen) atoms. The minimum atomic E-state index is 0.184. The van der Waals surface area contributed by atoms with Crippen molar-refractivity contribution in [2.45, 2.75) is 59.5 Å². The van der Waals surface area contributed by atoms with Crippen molar-refractivity contribution in [1.29, 1.82) is 0 Å². The minimum absolute atomic E-state index is 0.184. The molecule has 4 heteroatoms. The number of phenols is 1. The molecule has 1 N–H and O–H groups in total. The van der Waals surface area contributed by atoms with Crippen molar-refractivity contribution in [3.63, 3.8) is 0 Å². The minimum Gasteiger partial charge on any atom is -0.503 e. The summed E-state index contributed by atoms with van der Waals surface area (Å²) in [5, 5.41) is 10.00. The highest BCUT2D eigenvalue weighted by Gasteiger charge is 2.15. The van der Waals surface area contributed by atoms with Gasteiger partial charge in [0.05, 0.1) is 11.1 Å². The van der Waals surface area contributed by atoms with E-state index in [1.165, 1.54) is 18.4 Å². The molecule has 1 rings (SSSR count). The SMILES string of the molecule is CCCCN(Cc1cc(Br)c(O)c(OCC)c1)C(C)CC. The Hall–Kier alpha value is -0.740. The van der Waals surface area contributed by atoms with E-state index in [4.69, 9.17) is 4.74 Å². The zero-order valence-corrected chi connectivity index (χ0v) is 15.2. The quantitative estimate of drug-likeness (QED) is 0.678. The molecule has 0 fully saturated rings. The maximum atomic E-state index is 10.00. The van der Waals surface area contributed by atoms with Gasteiger partial charge in [-0.15, -0.1) is 0 Å². The van der Waals surface area contributed by atoms with Crippen LogP contribution in [0.1, 0.15) is 52.5 Å². The van der Waals surface area contributed by atoms with E-state index >= 15 is 0 Å². The molecule has 120 valence electrons. The Bertz CT molecular complexity index is 437. The van der Waals surface area contributed by atoms with Crippen LogP contribution in [0.15, 0.2) is 16.6 Å². The van der Waals surface area contributed by atoms with Crippen LogP contribution in [-0.4, -0.2) is 29.2 Å². The topological polar surface area (TPSA) is 32.7 Å². The summed E-state index contributed by atoms with van der Waals surface area (Å²) in [7, 11) is 0. The molecule has 0 saturated carbocycles. The number of hydrogen-bond donors (Lipinski definition) is 1. The molecular weight excluding hydrogens is 330 g/mol. The third kappa shape index (κ3) is 5.51. The Balaban J connectivity index is 2.91. The molecule has 1 aromatic carbocycles. The number of unbranched alkanes of at least 4 members (excludes halogenated alkanes) is 1. The van der Waals surface area contributed by atoms with Crippen molar-refractivity contribution in [2.75, 3.05) is 13.2 Å². The summed E-state index contributed by atoms with van der Waals surface area (Å²) in [5.41, 5.74) is 1.17. The van der Waals surface area contributed by atoms with Gasteiger partial charge in [0, 0.05) is 12.6 Å². The van der Waals surface area contributed by atoms with E-state index in [-0.39, 0.29) is 5.75 Å². The van der Waals surface area contributed by atoms with Crippen LogP contribution in [0.2, 0.25) is 0 Å². The number of aromatic hydroxyl groups is 1. The Morgan fingerprint density at radius 2 is 2.00 bits per heavy atom. The summed E-state index contributed by atoms with van der Waals surface area (Å²) in [6.45, 7) is 11.2. The summed E-state index contributed by atoms with van der Waals surface area (Å²) in [5.74, 6) is 0.741. The van der Waals surface area contributed by atoms with Crippen LogP contribution in [-0.2, 0) is 6.54 Å². The fraction of sp³-hybridized carbons (Fsp3) is 0.647. The molecule has 1 unspecified atom stereocenters. The molecule has 3 nitrogen and oxygen atoms in total. The molecule has 0 amide bonds. The molecule has 0 radical (unpaired) electrons.